The van der Waals surface area contributed by atoms with Crippen LogP contribution in [0.5, 0.6) is 0 Å². The summed E-state index contributed by atoms with van der Waals surface area (Å²) in [5.41, 5.74) is 5.45. The number of hydrogen-bond acceptors (Lipinski definition) is 4. The fourth-order valence-corrected chi connectivity index (χ4v) is 5.20. The summed E-state index contributed by atoms with van der Waals surface area (Å²) < 4.78 is 5.29. The van der Waals surface area contributed by atoms with Crippen LogP contribution < -0.4 is 5.73 Å². The molecule has 108 valence electrons. The zero-order valence-corrected chi connectivity index (χ0v) is 11.9. The van der Waals surface area contributed by atoms with E-state index in [2.05, 4.69) is 0 Å². The monoisotopic (exact) mass is 267 g/mol. The second-order valence-corrected chi connectivity index (χ2v) is 7.51. The van der Waals surface area contributed by atoms with E-state index in [1.807, 2.05) is 13.8 Å². The lowest BCUT2D eigenvalue weighted by Gasteiger charge is -2.61. The first-order chi connectivity index (χ1) is 8.82. The first-order valence-electron chi connectivity index (χ1n) is 7.50. The average Bonchev–Trinajstić information content (AvgIpc) is 2.23. The molecule has 4 heteroatoms. The number of rotatable bonds is 3. The fraction of sp³-hybridized carbons (Fsp3) is 0.933. The molecule has 3 atom stereocenters. The van der Waals surface area contributed by atoms with Gasteiger partial charge in [-0.25, -0.2) is 0 Å². The molecule has 0 saturated heterocycles. The van der Waals surface area contributed by atoms with Crippen LogP contribution in [0.4, 0.5) is 0 Å². The Morgan fingerprint density at radius 1 is 1.26 bits per heavy atom. The van der Waals surface area contributed by atoms with Crippen molar-refractivity contribution >= 4 is 5.97 Å². The molecule has 4 saturated carbocycles. The molecule has 0 heterocycles. The molecule has 0 amide bonds. The Hall–Kier alpha value is -0.610. The van der Waals surface area contributed by atoms with Crippen LogP contribution >= 0.6 is 0 Å². The topological polar surface area (TPSA) is 72.5 Å². The summed E-state index contributed by atoms with van der Waals surface area (Å²) in [4.78, 5) is 12.1. The number of hydrogen-bond donors (Lipinski definition) is 2. The SMILES string of the molecule is CC(C)OC(=O)C(N)C12CC3CC(CC(O)(C3)C1)C2. The molecule has 0 spiro atoms. The van der Waals surface area contributed by atoms with Crippen molar-refractivity contribution in [2.75, 3.05) is 0 Å². The van der Waals surface area contributed by atoms with Crippen LogP contribution in [0.25, 0.3) is 0 Å². The Labute approximate surface area is 114 Å². The minimum atomic E-state index is -0.577. The van der Waals surface area contributed by atoms with Crippen LogP contribution in [0.1, 0.15) is 52.4 Å². The second-order valence-electron chi connectivity index (χ2n) is 7.51. The molecule has 4 aliphatic carbocycles. The summed E-state index contributed by atoms with van der Waals surface area (Å²) in [6.45, 7) is 3.69. The van der Waals surface area contributed by atoms with Crippen molar-refractivity contribution in [3.63, 3.8) is 0 Å². The normalized spacial score (nSPS) is 45.5. The molecule has 3 N–H and O–H groups in total. The molecule has 0 aromatic rings. The number of aliphatic hydroxyl groups is 1. The summed E-state index contributed by atoms with van der Waals surface area (Å²) in [6, 6.07) is -0.577. The Morgan fingerprint density at radius 2 is 1.84 bits per heavy atom. The van der Waals surface area contributed by atoms with Gasteiger partial charge in [-0.3, -0.25) is 4.79 Å². The highest BCUT2D eigenvalue weighted by Crippen LogP contribution is 2.62. The van der Waals surface area contributed by atoms with Gasteiger partial charge in [0, 0.05) is 0 Å². The molecule has 4 nitrogen and oxygen atoms in total. The van der Waals surface area contributed by atoms with Crippen molar-refractivity contribution in [3.05, 3.63) is 0 Å². The van der Waals surface area contributed by atoms with Gasteiger partial charge < -0.3 is 15.6 Å². The lowest BCUT2D eigenvalue weighted by Crippen LogP contribution is -2.63. The molecule has 0 aliphatic heterocycles. The van der Waals surface area contributed by atoms with E-state index in [-0.39, 0.29) is 17.5 Å². The van der Waals surface area contributed by atoms with E-state index in [1.54, 1.807) is 0 Å². The van der Waals surface area contributed by atoms with E-state index >= 15 is 0 Å². The van der Waals surface area contributed by atoms with Gasteiger partial charge >= 0.3 is 5.97 Å². The molecule has 4 aliphatic rings. The molecule has 3 unspecified atom stereocenters. The average molecular weight is 267 g/mol. The number of carbonyl (C=O) groups is 1. The Kier molecular flexibility index (Phi) is 2.95. The molecule has 4 rings (SSSR count). The summed E-state index contributed by atoms with van der Waals surface area (Å²) >= 11 is 0. The van der Waals surface area contributed by atoms with Crippen molar-refractivity contribution in [3.8, 4) is 0 Å². The van der Waals surface area contributed by atoms with Gasteiger partial charge in [0.2, 0.25) is 0 Å². The van der Waals surface area contributed by atoms with Crippen LogP contribution in [0.3, 0.4) is 0 Å². The first kappa shape index (κ1) is 13.4. The Bertz CT molecular complexity index is 379. The Balaban J connectivity index is 1.81. The predicted octanol–water partition coefficient (Wildman–Crippen LogP) is 1.60. The summed E-state index contributed by atoms with van der Waals surface area (Å²) in [5, 5.41) is 10.7. The molecular formula is C15H25NO3. The smallest absolute Gasteiger partial charge is 0.323 e. The van der Waals surface area contributed by atoms with Crippen LogP contribution in [0.2, 0.25) is 0 Å². The van der Waals surface area contributed by atoms with Gasteiger partial charge in [0.05, 0.1) is 11.7 Å². The number of carbonyl (C=O) groups excluding carboxylic acids is 1. The van der Waals surface area contributed by atoms with Crippen molar-refractivity contribution in [2.24, 2.45) is 23.0 Å². The van der Waals surface area contributed by atoms with E-state index in [4.69, 9.17) is 10.5 Å². The van der Waals surface area contributed by atoms with Crippen LogP contribution in [0.15, 0.2) is 0 Å². The minimum absolute atomic E-state index is 0.129. The Morgan fingerprint density at radius 3 is 2.32 bits per heavy atom. The summed E-state index contributed by atoms with van der Waals surface area (Å²) in [6.07, 6.45) is 5.53. The summed E-state index contributed by atoms with van der Waals surface area (Å²) in [5.74, 6) is 0.800. The van der Waals surface area contributed by atoms with Gasteiger partial charge in [-0.15, -0.1) is 0 Å². The van der Waals surface area contributed by atoms with Gasteiger partial charge in [-0.1, -0.05) is 0 Å². The van der Waals surface area contributed by atoms with Gasteiger partial charge in [-0.2, -0.15) is 0 Å². The lowest BCUT2D eigenvalue weighted by molar-refractivity contribution is -0.183. The predicted molar refractivity (Wildman–Crippen MR) is 71.3 cm³/mol. The van der Waals surface area contributed by atoms with E-state index < -0.39 is 11.6 Å². The molecule has 4 fully saturated rings. The maximum absolute atomic E-state index is 12.1. The van der Waals surface area contributed by atoms with Crippen molar-refractivity contribution in [1.29, 1.82) is 0 Å². The standard InChI is InChI=1S/C15H25NO3/c1-9(2)19-13(17)12(16)14-4-10-3-11(5-14)7-15(18,6-10)8-14/h9-12,18H,3-8,16H2,1-2H3. The summed E-state index contributed by atoms with van der Waals surface area (Å²) in [7, 11) is 0. The largest absolute Gasteiger partial charge is 0.462 e. The molecule has 19 heavy (non-hydrogen) atoms. The van der Waals surface area contributed by atoms with Gasteiger partial charge in [-0.05, 0) is 69.6 Å². The van der Waals surface area contributed by atoms with Crippen LogP contribution in [-0.2, 0) is 9.53 Å². The minimum Gasteiger partial charge on any atom is -0.462 e. The second kappa shape index (κ2) is 4.19. The highest BCUT2D eigenvalue weighted by atomic mass is 16.5. The third kappa shape index (κ3) is 2.19. The zero-order chi connectivity index (χ0) is 13.8. The van der Waals surface area contributed by atoms with Crippen LogP contribution in [0, 0.1) is 17.3 Å². The maximum atomic E-state index is 12.1. The number of ether oxygens (including phenoxy) is 1. The van der Waals surface area contributed by atoms with E-state index in [0.29, 0.717) is 18.3 Å². The number of nitrogens with two attached hydrogens (primary N) is 1. The fourth-order valence-electron chi connectivity index (χ4n) is 5.20. The highest BCUT2D eigenvalue weighted by molar-refractivity contribution is 5.77. The number of esters is 1. The van der Waals surface area contributed by atoms with Crippen molar-refractivity contribution in [1.82, 2.24) is 0 Å². The molecule has 4 bridgehead atoms. The zero-order valence-electron chi connectivity index (χ0n) is 11.9. The highest BCUT2D eigenvalue weighted by Gasteiger charge is 2.60. The molecular weight excluding hydrogens is 242 g/mol. The molecule has 0 radical (unpaired) electrons. The van der Waals surface area contributed by atoms with Crippen molar-refractivity contribution < 1.29 is 14.6 Å². The quantitative estimate of drug-likeness (QED) is 0.762. The third-order valence-corrected chi connectivity index (χ3v) is 5.34. The molecule has 0 aromatic heterocycles. The third-order valence-electron chi connectivity index (χ3n) is 5.34. The van der Waals surface area contributed by atoms with Crippen LogP contribution in [-0.4, -0.2) is 28.8 Å². The maximum Gasteiger partial charge on any atom is 0.323 e. The van der Waals surface area contributed by atoms with Gasteiger partial charge in [0.1, 0.15) is 6.04 Å². The lowest BCUT2D eigenvalue weighted by atomic mass is 9.46. The van der Waals surface area contributed by atoms with Gasteiger partial charge in [0.15, 0.2) is 0 Å². The first-order valence-corrected chi connectivity index (χ1v) is 7.50. The van der Waals surface area contributed by atoms with E-state index in [9.17, 15) is 9.90 Å². The van der Waals surface area contributed by atoms with E-state index in [1.165, 1.54) is 6.42 Å². The van der Waals surface area contributed by atoms with E-state index in [0.717, 1.165) is 25.7 Å². The van der Waals surface area contributed by atoms with Crippen molar-refractivity contribution in [2.45, 2.75) is 70.1 Å². The van der Waals surface area contributed by atoms with Gasteiger partial charge in [0.25, 0.3) is 0 Å². The molecule has 0 aromatic carbocycles.